The predicted molar refractivity (Wildman–Crippen MR) is 54.0 cm³/mol. The van der Waals surface area contributed by atoms with E-state index >= 15 is 0 Å². The number of primary amides is 1. The Labute approximate surface area is 89.9 Å². The standard InChI is InChI=1S/C9H10N4O3/c10-8(16)7(15)6(14)4-1-5-9(11-2-4)13-3-12-5/h1-3,6-7,14-15H,(H2,10,16)(H,11,12,13). The van der Waals surface area contributed by atoms with E-state index in [2.05, 4.69) is 15.0 Å². The predicted octanol–water partition coefficient (Wildman–Crippen LogP) is -1.16. The molecule has 0 saturated heterocycles. The molecule has 2 aromatic heterocycles. The van der Waals surface area contributed by atoms with E-state index in [1.54, 1.807) is 6.07 Å². The van der Waals surface area contributed by atoms with Crippen molar-refractivity contribution in [1.29, 1.82) is 0 Å². The lowest BCUT2D eigenvalue weighted by Crippen LogP contribution is -2.33. The fourth-order valence-corrected chi connectivity index (χ4v) is 1.35. The van der Waals surface area contributed by atoms with Gasteiger partial charge < -0.3 is 20.9 Å². The summed E-state index contributed by atoms with van der Waals surface area (Å²) in [5, 5.41) is 18.9. The Bertz CT molecular complexity index is 524. The molecule has 1 amide bonds. The number of pyridine rings is 1. The molecule has 0 saturated carbocycles. The molecule has 0 aliphatic rings. The fourth-order valence-electron chi connectivity index (χ4n) is 1.35. The zero-order chi connectivity index (χ0) is 11.7. The summed E-state index contributed by atoms with van der Waals surface area (Å²) in [4.78, 5) is 21.3. The van der Waals surface area contributed by atoms with E-state index < -0.39 is 18.1 Å². The molecule has 2 aromatic rings. The van der Waals surface area contributed by atoms with Gasteiger partial charge in [0.2, 0.25) is 5.91 Å². The van der Waals surface area contributed by atoms with Crippen molar-refractivity contribution >= 4 is 17.1 Å². The van der Waals surface area contributed by atoms with Crippen LogP contribution in [0.2, 0.25) is 0 Å². The van der Waals surface area contributed by atoms with Gasteiger partial charge in [0.1, 0.15) is 6.10 Å². The fraction of sp³-hybridized carbons (Fsp3) is 0.222. The van der Waals surface area contributed by atoms with Gasteiger partial charge in [-0.2, -0.15) is 0 Å². The highest BCUT2D eigenvalue weighted by atomic mass is 16.3. The number of carbonyl (C=O) groups is 1. The molecule has 2 atom stereocenters. The highest BCUT2D eigenvalue weighted by Gasteiger charge is 2.23. The number of aliphatic hydroxyl groups is 2. The molecule has 0 spiro atoms. The number of carbonyl (C=O) groups excluding carboxylic acids is 1. The number of aromatic nitrogens is 3. The normalized spacial score (nSPS) is 14.9. The maximum absolute atomic E-state index is 10.7. The molecular weight excluding hydrogens is 212 g/mol. The third-order valence-corrected chi connectivity index (χ3v) is 2.23. The van der Waals surface area contributed by atoms with Crippen LogP contribution in [0.4, 0.5) is 0 Å². The molecule has 7 heteroatoms. The number of imidazole rings is 1. The first-order valence-corrected chi connectivity index (χ1v) is 4.54. The van der Waals surface area contributed by atoms with E-state index in [-0.39, 0.29) is 0 Å². The number of nitrogens with two attached hydrogens (primary N) is 1. The second-order valence-corrected chi connectivity index (χ2v) is 3.33. The Balaban J connectivity index is 2.35. The van der Waals surface area contributed by atoms with Gasteiger partial charge in [-0.05, 0) is 6.07 Å². The van der Waals surface area contributed by atoms with Gasteiger partial charge in [0.25, 0.3) is 0 Å². The molecule has 0 aromatic carbocycles. The molecule has 84 valence electrons. The summed E-state index contributed by atoms with van der Waals surface area (Å²) in [6, 6.07) is 1.55. The molecule has 7 nitrogen and oxygen atoms in total. The zero-order valence-corrected chi connectivity index (χ0v) is 8.16. The molecule has 16 heavy (non-hydrogen) atoms. The summed E-state index contributed by atoms with van der Waals surface area (Å²) in [6.07, 6.45) is -0.252. The molecule has 0 radical (unpaired) electrons. The summed E-state index contributed by atoms with van der Waals surface area (Å²) < 4.78 is 0. The number of nitrogens with one attached hydrogen (secondary N) is 1. The quantitative estimate of drug-likeness (QED) is 0.521. The topological polar surface area (TPSA) is 125 Å². The SMILES string of the molecule is NC(=O)C(O)C(O)c1cnc2nc[nH]c2c1. The summed E-state index contributed by atoms with van der Waals surface area (Å²) in [5.74, 6) is -0.989. The van der Waals surface area contributed by atoms with Gasteiger partial charge >= 0.3 is 0 Å². The number of aromatic amines is 1. The third-order valence-electron chi connectivity index (χ3n) is 2.23. The van der Waals surface area contributed by atoms with E-state index in [1.165, 1.54) is 12.5 Å². The van der Waals surface area contributed by atoms with Crippen LogP contribution in [0.25, 0.3) is 11.2 Å². The van der Waals surface area contributed by atoms with Crippen LogP contribution in [0.1, 0.15) is 11.7 Å². The van der Waals surface area contributed by atoms with Gasteiger partial charge in [0.15, 0.2) is 11.8 Å². The van der Waals surface area contributed by atoms with Gasteiger partial charge in [0, 0.05) is 11.8 Å². The molecule has 0 aliphatic heterocycles. The van der Waals surface area contributed by atoms with Gasteiger partial charge in [-0.3, -0.25) is 4.79 Å². The monoisotopic (exact) mass is 222 g/mol. The van der Waals surface area contributed by atoms with Crippen LogP contribution in [0.5, 0.6) is 0 Å². The number of aliphatic hydroxyl groups excluding tert-OH is 2. The van der Waals surface area contributed by atoms with E-state index in [4.69, 9.17) is 5.73 Å². The molecule has 2 heterocycles. The maximum atomic E-state index is 10.7. The summed E-state index contributed by atoms with van der Waals surface area (Å²) in [7, 11) is 0. The first kappa shape index (κ1) is 10.5. The summed E-state index contributed by atoms with van der Waals surface area (Å²) >= 11 is 0. The third kappa shape index (κ3) is 1.73. The van der Waals surface area contributed by atoms with E-state index in [0.29, 0.717) is 16.7 Å². The Morgan fingerprint density at radius 1 is 1.44 bits per heavy atom. The van der Waals surface area contributed by atoms with Crippen LogP contribution in [0, 0.1) is 0 Å². The van der Waals surface area contributed by atoms with Crippen molar-refractivity contribution in [1.82, 2.24) is 15.0 Å². The highest BCUT2D eigenvalue weighted by Crippen LogP contribution is 2.18. The van der Waals surface area contributed by atoms with E-state index in [1.807, 2.05) is 0 Å². The van der Waals surface area contributed by atoms with Crippen molar-refractivity contribution in [3.63, 3.8) is 0 Å². The first-order valence-electron chi connectivity index (χ1n) is 4.54. The van der Waals surface area contributed by atoms with Crippen molar-refractivity contribution in [2.45, 2.75) is 12.2 Å². The van der Waals surface area contributed by atoms with Crippen LogP contribution < -0.4 is 5.73 Å². The van der Waals surface area contributed by atoms with Crippen molar-refractivity contribution < 1.29 is 15.0 Å². The molecule has 2 rings (SSSR count). The van der Waals surface area contributed by atoms with Crippen LogP contribution in [0.15, 0.2) is 18.6 Å². The minimum absolute atomic E-state index is 0.294. The van der Waals surface area contributed by atoms with Crippen LogP contribution in [0.3, 0.4) is 0 Å². The van der Waals surface area contributed by atoms with Crippen LogP contribution in [-0.2, 0) is 4.79 Å². The molecule has 0 aliphatic carbocycles. The van der Waals surface area contributed by atoms with E-state index in [0.717, 1.165) is 0 Å². The summed E-state index contributed by atoms with van der Waals surface area (Å²) in [6.45, 7) is 0. The number of hydrogen-bond acceptors (Lipinski definition) is 5. The Morgan fingerprint density at radius 3 is 2.88 bits per heavy atom. The lowest BCUT2D eigenvalue weighted by molar-refractivity contribution is -0.131. The molecule has 2 unspecified atom stereocenters. The number of rotatable bonds is 3. The summed E-state index contributed by atoms with van der Waals surface area (Å²) in [5.41, 5.74) is 6.27. The van der Waals surface area contributed by atoms with Crippen molar-refractivity contribution in [2.24, 2.45) is 5.73 Å². The minimum Gasteiger partial charge on any atom is -0.385 e. The molecule has 0 fully saturated rings. The second-order valence-electron chi connectivity index (χ2n) is 3.33. The lowest BCUT2D eigenvalue weighted by atomic mass is 10.1. The average molecular weight is 222 g/mol. The number of hydrogen-bond donors (Lipinski definition) is 4. The Kier molecular flexibility index (Phi) is 2.55. The van der Waals surface area contributed by atoms with Gasteiger partial charge in [-0.1, -0.05) is 0 Å². The Morgan fingerprint density at radius 2 is 2.19 bits per heavy atom. The largest absolute Gasteiger partial charge is 0.385 e. The van der Waals surface area contributed by atoms with Gasteiger partial charge in [0.05, 0.1) is 11.8 Å². The van der Waals surface area contributed by atoms with Crippen LogP contribution >= 0.6 is 0 Å². The number of fused-ring (bicyclic) bond motifs is 1. The maximum Gasteiger partial charge on any atom is 0.249 e. The highest BCUT2D eigenvalue weighted by molar-refractivity contribution is 5.79. The minimum atomic E-state index is -1.65. The molecular formula is C9H10N4O3. The van der Waals surface area contributed by atoms with Gasteiger partial charge in [-0.25, -0.2) is 9.97 Å². The smallest absolute Gasteiger partial charge is 0.249 e. The van der Waals surface area contributed by atoms with Gasteiger partial charge in [-0.15, -0.1) is 0 Å². The van der Waals surface area contributed by atoms with E-state index in [9.17, 15) is 15.0 Å². The molecule has 5 N–H and O–H groups in total. The van der Waals surface area contributed by atoms with Crippen molar-refractivity contribution in [3.05, 3.63) is 24.2 Å². The lowest BCUT2D eigenvalue weighted by Gasteiger charge is -2.14. The number of H-pyrrole nitrogens is 1. The van der Waals surface area contributed by atoms with Crippen molar-refractivity contribution in [3.8, 4) is 0 Å². The molecule has 0 bridgehead atoms. The van der Waals surface area contributed by atoms with Crippen LogP contribution in [-0.4, -0.2) is 37.2 Å². The second kappa shape index (κ2) is 3.87. The number of nitrogens with zero attached hydrogens (tertiary/aromatic N) is 2. The first-order chi connectivity index (χ1) is 7.59. The number of amides is 1. The zero-order valence-electron chi connectivity index (χ0n) is 8.16. The average Bonchev–Trinajstić information content (AvgIpc) is 2.73. The Hall–Kier alpha value is -1.99. The van der Waals surface area contributed by atoms with Crippen molar-refractivity contribution in [2.75, 3.05) is 0 Å².